The lowest BCUT2D eigenvalue weighted by molar-refractivity contribution is -0.137. The second kappa shape index (κ2) is 5.47. The standard InChI is InChI=1S/C17H14F3N3O2/c18-17(19,20)12-6-8-13(9-7-12)21-16(24)15-10-5-11-3-1-2-4-14(11)22(15)23(21)25/h1-4,6-9,15,25H,5,10H2. The number of amides is 1. The van der Waals surface area contributed by atoms with Crippen LogP contribution in [-0.2, 0) is 17.4 Å². The second-order valence-corrected chi connectivity index (χ2v) is 5.99. The van der Waals surface area contributed by atoms with Crippen molar-refractivity contribution in [1.82, 2.24) is 5.28 Å². The molecule has 1 amide bonds. The highest BCUT2D eigenvalue weighted by Gasteiger charge is 2.48. The van der Waals surface area contributed by atoms with Gasteiger partial charge in [0.15, 0.2) is 0 Å². The number of nitrogens with zero attached hydrogens (tertiary/aromatic N) is 3. The quantitative estimate of drug-likeness (QED) is 0.857. The number of alkyl halides is 3. The van der Waals surface area contributed by atoms with E-state index in [4.69, 9.17) is 0 Å². The van der Waals surface area contributed by atoms with E-state index >= 15 is 0 Å². The number of hydrogen-bond acceptors (Lipinski definition) is 4. The fraction of sp³-hybridized carbons (Fsp3) is 0.235. The summed E-state index contributed by atoms with van der Waals surface area (Å²) in [5.74, 6) is -0.378. The molecule has 2 aromatic rings. The average molecular weight is 349 g/mol. The first kappa shape index (κ1) is 15.9. The van der Waals surface area contributed by atoms with Crippen molar-refractivity contribution in [3.63, 3.8) is 0 Å². The van der Waals surface area contributed by atoms with Crippen LogP contribution >= 0.6 is 0 Å². The first-order valence-electron chi connectivity index (χ1n) is 7.75. The number of benzene rings is 2. The molecule has 0 radical (unpaired) electrons. The fourth-order valence-corrected chi connectivity index (χ4v) is 3.33. The summed E-state index contributed by atoms with van der Waals surface area (Å²) in [6, 6.07) is 11.0. The molecule has 0 saturated carbocycles. The fourth-order valence-electron chi connectivity index (χ4n) is 3.33. The van der Waals surface area contributed by atoms with E-state index in [2.05, 4.69) is 0 Å². The van der Waals surface area contributed by atoms with Gasteiger partial charge in [0.2, 0.25) is 0 Å². The van der Waals surface area contributed by atoms with Crippen LogP contribution in [0.5, 0.6) is 0 Å². The van der Waals surface area contributed by atoms with Crippen LogP contribution in [-0.4, -0.2) is 22.4 Å². The predicted octanol–water partition coefficient (Wildman–Crippen LogP) is 3.39. The summed E-state index contributed by atoms with van der Waals surface area (Å²) in [6.07, 6.45) is -3.25. The van der Waals surface area contributed by atoms with Gasteiger partial charge in [-0.25, -0.2) is 0 Å². The zero-order valence-electron chi connectivity index (χ0n) is 12.9. The molecule has 1 unspecified atom stereocenters. The van der Waals surface area contributed by atoms with Crippen molar-refractivity contribution in [2.75, 3.05) is 10.0 Å². The minimum atomic E-state index is -4.46. The van der Waals surface area contributed by atoms with Gasteiger partial charge in [0, 0.05) is 5.28 Å². The minimum absolute atomic E-state index is 0.174. The van der Waals surface area contributed by atoms with Crippen LogP contribution in [0, 0.1) is 0 Å². The number of anilines is 2. The van der Waals surface area contributed by atoms with Crippen LogP contribution < -0.4 is 10.0 Å². The molecule has 0 aromatic heterocycles. The lowest BCUT2D eigenvalue weighted by atomic mass is 9.97. The van der Waals surface area contributed by atoms with E-state index in [0.29, 0.717) is 23.8 Å². The van der Waals surface area contributed by atoms with Crippen molar-refractivity contribution < 1.29 is 23.2 Å². The Kier molecular flexibility index (Phi) is 3.48. The number of halogens is 3. The first-order valence-corrected chi connectivity index (χ1v) is 7.75. The number of carbonyl (C=O) groups is 1. The lowest BCUT2D eigenvalue weighted by Gasteiger charge is -2.34. The molecular formula is C17H14F3N3O2. The molecule has 1 fully saturated rings. The molecular weight excluding hydrogens is 335 g/mol. The van der Waals surface area contributed by atoms with Gasteiger partial charge in [-0.2, -0.15) is 18.2 Å². The minimum Gasteiger partial charge on any atom is -0.276 e. The van der Waals surface area contributed by atoms with Gasteiger partial charge in [0.05, 0.1) is 16.9 Å². The van der Waals surface area contributed by atoms with Crippen molar-refractivity contribution in [1.29, 1.82) is 0 Å². The van der Waals surface area contributed by atoms with Crippen LogP contribution in [0.25, 0.3) is 0 Å². The Morgan fingerprint density at radius 2 is 1.72 bits per heavy atom. The number of rotatable bonds is 1. The Balaban J connectivity index is 1.70. The molecule has 4 rings (SSSR count). The SMILES string of the molecule is O=C1C2CCc3ccccc3N2N(O)N1c1ccc(C(F)(F)F)cc1. The molecule has 0 bridgehead atoms. The summed E-state index contributed by atoms with van der Waals surface area (Å²) in [6.45, 7) is 0. The zero-order valence-corrected chi connectivity index (χ0v) is 12.9. The van der Waals surface area contributed by atoms with Gasteiger partial charge in [-0.3, -0.25) is 15.0 Å². The number of carbonyl (C=O) groups excluding carboxylic acids is 1. The highest BCUT2D eigenvalue weighted by Crippen LogP contribution is 2.39. The first-order chi connectivity index (χ1) is 11.9. The molecule has 8 heteroatoms. The highest BCUT2D eigenvalue weighted by atomic mass is 19.4. The summed E-state index contributed by atoms with van der Waals surface area (Å²) in [5.41, 5.74) is 1.08. The monoisotopic (exact) mass is 349 g/mol. The molecule has 0 aliphatic carbocycles. The van der Waals surface area contributed by atoms with E-state index < -0.39 is 17.8 Å². The molecule has 5 nitrogen and oxygen atoms in total. The van der Waals surface area contributed by atoms with Crippen molar-refractivity contribution in [2.24, 2.45) is 0 Å². The summed E-state index contributed by atoms with van der Waals surface area (Å²) < 4.78 is 38.1. The summed E-state index contributed by atoms with van der Waals surface area (Å²) >= 11 is 0. The third-order valence-corrected chi connectivity index (χ3v) is 4.53. The molecule has 0 spiro atoms. The molecule has 130 valence electrons. The Bertz CT molecular complexity index is 823. The third-order valence-electron chi connectivity index (χ3n) is 4.53. The number of fused-ring (bicyclic) bond motifs is 3. The normalized spacial score (nSPS) is 20.6. The number of para-hydroxylation sites is 1. The summed E-state index contributed by atoms with van der Waals surface area (Å²) in [5, 5.41) is 13.7. The van der Waals surface area contributed by atoms with Crippen molar-refractivity contribution >= 4 is 17.3 Å². The van der Waals surface area contributed by atoms with E-state index in [-0.39, 0.29) is 11.6 Å². The number of aryl methyl sites for hydroxylation is 1. The van der Waals surface area contributed by atoms with E-state index in [0.717, 1.165) is 22.7 Å². The maximum Gasteiger partial charge on any atom is 0.416 e. The third kappa shape index (κ3) is 2.45. The largest absolute Gasteiger partial charge is 0.416 e. The molecule has 25 heavy (non-hydrogen) atoms. The Labute approximate surface area is 141 Å². The van der Waals surface area contributed by atoms with Crippen molar-refractivity contribution in [3.8, 4) is 0 Å². The van der Waals surface area contributed by atoms with Crippen LogP contribution in [0.4, 0.5) is 24.5 Å². The average Bonchev–Trinajstić information content (AvgIpc) is 2.85. The summed E-state index contributed by atoms with van der Waals surface area (Å²) in [4.78, 5) is 12.7. The van der Waals surface area contributed by atoms with Gasteiger partial charge in [-0.1, -0.05) is 18.2 Å². The van der Waals surface area contributed by atoms with Gasteiger partial charge < -0.3 is 0 Å². The Hall–Kier alpha value is -2.58. The zero-order chi connectivity index (χ0) is 17.8. The molecule has 2 aliphatic heterocycles. The van der Waals surface area contributed by atoms with Gasteiger partial charge in [-0.15, -0.1) is 0 Å². The molecule has 1 atom stereocenters. The lowest BCUT2D eigenvalue weighted by Crippen LogP contribution is -2.46. The van der Waals surface area contributed by atoms with Crippen LogP contribution in [0.3, 0.4) is 0 Å². The van der Waals surface area contributed by atoms with Crippen LogP contribution in [0.15, 0.2) is 48.5 Å². The molecule has 1 saturated heterocycles. The Morgan fingerprint density at radius 1 is 1.04 bits per heavy atom. The van der Waals surface area contributed by atoms with Gasteiger partial charge in [0.25, 0.3) is 5.91 Å². The van der Waals surface area contributed by atoms with E-state index in [1.807, 2.05) is 12.1 Å². The molecule has 2 heterocycles. The second-order valence-electron chi connectivity index (χ2n) is 5.99. The summed E-state index contributed by atoms with van der Waals surface area (Å²) in [7, 11) is 0. The van der Waals surface area contributed by atoms with Crippen LogP contribution in [0.2, 0.25) is 0 Å². The van der Waals surface area contributed by atoms with E-state index in [1.54, 1.807) is 12.1 Å². The van der Waals surface area contributed by atoms with E-state index in [1.165, 1.54) is 17.1 Å². The van der Waals surface area contributed by atoms with E-state index in [9.17, 15) is 23.2 Å². The van der Waals surface area contributed by atoms with Crippen LogP contribution in [0.1, 0.15) is 17.5 Å². The van der Waals surface area contributed by atoms with Gasteiger partial charge >= 0.3 is 6.18 Å². The predicted molar refractivity (Wildman–Crippen MR) is 83.6 cm³/mol. The number of hydrazine groups is 2. The van der Waals surface area contributed by atoms with Crippen molar-refractivity contribution in [3.05, 3.63) is 59.7 Å². The molecule has 2 aliphatic rings. The highest BCUT2D eigenvalue weighted by molar-refractivity contribution is 6.01. The van der Waals surface area contributed by atoms with Gasteiger partial charge in [0.1, 0.15) is 6.04 Å². The Morgan fingerprint density at radius 3 is 2.40 bits per heavy atom. The molecule has 2 aromatic carbocycles. The maximum atomic E-state index is 12.7. The van der Waals surface area contributed by atoms with Crippen molar-refractivity contribution in [2.45, 2.75) is 25.1 Å². The number of hydrogen-bond donors (Lipinski definition) is 1. The van der Waals surface area contributed by atoms with Gasteiger partial charge in [-0.05, 0) is 48.7 Å². The molecule has 1 N–H and O–H groups in total. The smallest absolute Gasteiger partial charge is 0.276 e. The maximum absolute atomic E-state index is 12.7. The topological polar surface area (TPSA) is 47.0 Å².